The maximum absolute atomic E-state index is 14.4. The van der Waals surface area contributed by atoms with Crippen molar-refractivity contribution in [2.24, 2.45) is 0 Å². The molecule has 20 unspecified atom stereocenters. The summed E-state index contributed by atoms with van der Waals surface area (Å²) in [5.41, 5.74) is 23.8. The summed E-state index contributed by atoms with van der Waals surface area (Å²) in [4.78, 5) is 66.2. The van der Waals surface area contributed by atoms with Crippen LogP contribution in [0.5, 0.6) is 0 Å². The van der Waals surface area contributed by atoms with E-state index in [1.165, 1.54) is 28.1 Å². The van der Waals surface area contributed by atoms with E-state index in [1.807, 2.05) is 11.8 Å². The predicted molar refractivity (Wildman–Crippen MR) is 354 cm³/mol. The van der Waals surface area contributed by atoms with E-state index >= 15 is 0 Å². The molecule has 15 heterocycles. The van der Waals surface area contributed by atoms with Gasteiger partial charge in [-0.05, 0) is 0 Å². The van der Waals surface area contributed by atoms with Crippen molar-refractivity contribution < 1.29 is 105 Å². The minimum Gasteiger partial charge on any atom is -0.392 e. The number of aliphatic hydroxyl groups excluding tert-OH is 10. The zero-order chi connectivity index (χ0) is 79.5. The lowest BCUT2D eigenvalue weighted by atomic mass is 9.98. The molecule has 0 saturated carbocycles. The zero-order valence-electron chi connectivity index (χ0n) is 55.1. The zero-order valence-corrected chi connectivity index (χ0v) is 55.1. The molecular weight excluding hydrogens is 1470 g/mol. The summed E-state index contributed by atoms with van der Waals surface area (Å²) >= 11 is 0. The van der Waals surface area contributed by atoms with Crippen LogP contribution in [0.1, 0.15) is 31.1 Å². The second-order valence-electron chi connectivity index (χ2n) is 24.0. The largest absolute Gasteiger partial charge is 0.392 e. The number of hydrogen-bond acceptors (Lipinski definition) is 36. The molecule has 20 atom stereocenters. The van der Waals surface area contributed by atoms with Crippen LogP contribution in [0.2, 0.25) is 0 Å². The third kappa shape index (κ3) is 13.0. The fraction of sp³-hybridized carbons (Fsp3) is 0.417. The van der Waals surface area contributed by atoms with Gasteiger partial charge in [0.15, 0.2) is 147 Å². The summed E-state index contributed by atoms with van der Waals surface area (Å²) < 4.78 is 131. The van der Waals surface area contributed by atoms with Gasteiger partial charge in [0.05, 0.1) is 64.7 Å². The Morgan fingerprint density at radius 3 is 1.04 bits per heavy atom. The average molecular weight is 1530 g/mol. The Morgan fingerprint density at radius 2 is 0.688 bits per heavy atom. The molecule has 574 valence electrons. The van der Waals surface area contributed by atoms with Gasteiger partial charge in [0.2, 0.25) is 17.8 Å². The van der Waals surface area contributed by atoms with Crippen LogP contribution in [0, 0.1) is 73.7 Å². The minimum absolute atomic E-state index is 0.0214. The number of aromatic amines is 1. The monoisotopic (exact) mass is 1530 g/mol. The van der Waals surface area contributed by atoms with Crippen LogP contribution in [0.15, 0.2) is 42.8 Å². The number of H-pyrrole nitrogens is 1. The van der Waals surface area contributed by atoms with E-state index in [0.29, 0.717) is 0 Å². The van der Waals surface area contributed by atoms with E-state index in [1.54, 1.807) is 0 Å². The first-order valence-corrected chi connectivity index (χ1v) is 30.9. The van der Waals surface area contributed by atoms with Gasteiger partial charge in [-0.25, -0.2) is 61.6 Å². The first-order chi connectivity index (χ1) is 51.8. The summed E-state index contributed by atoms with van der Waals surface area (Å²) in [6, 6.07) is 0. The van der Waals surface area contributed by atoms with Gasteiger partial charge >= 0.3 is 11.8 Å². The molecule has 5 saturated heterocycles. The van der Waals surface area contributed by atoms with Crippen molar-refractivity contribution in [1.82, 2.24) is 97.6 Å². The third-order valence-corrected chi connectivity index (χ3v) is 17.8. The van der Waals surface area contributed by atoms with Crippen molar-refractivity contribution in [3.05, 3.63) is 60.5 Å². The van der Waals surface area contributed by atoms with Crippen LogP contribution in [0.25, 0.3) is 55.8 Å². The number of aromatic nitrogens is 20. The molecule has 0 bridgehead atoms. The van der Waals surface area contributed by atoms with Crippen molar-refractivity contribution in [3.8, 4) is 61.7 Å². The minimum atomic E-state index is -1.99. The van der Waals surface area contributed by atoms with Crippen LogP contribution in [0.3, 0.4) is 0 Å². The summed E-state index contributed by atoms with van der Waals surface area (Å²) in [6.07, 6.45) is 6.82. The molecule has 49 heteroatoms. The molecule has 0 radical (unpaired) electrons. The summed E-state index contributed by atoms with van der Waals surface area (Å²) in [7, 11) is 0. The maximum Gasteiger partial charge on any atom is 0.348 e. The highest BCUT2D eigenvalue weighted by Crippen LogP contribution is 2.45. The number of terminal acetylenes is 5. The molecule has 23 N–H and O–H groups in total. The number of rotatable bonds is 10. The fourth-order valence-electron chi connectivity index (χ4n) is 11.9. The smallest absolute Gasteiger partial charge is 0.348 e. The van der Waals surface area contributed by atoms with Gasteiger partial charge in [0, 0.05) is 0 Å². The first-order valence-electron chi connectivity index (χ1n) is 30.9. The van der Waals surface area contributed by atoms with Crippen LogP contribution in [0.4, 0.5) is 65.9 Å². The van der Waals surface area contributed by atoms with Gasteiger partial charge < -0.3 is 109 Å². The maximum atomic E-state index is 14.4. The highest BCUT2D eigenvalue weighted by atomic mass is 19.2. The van der Waals surface area contributed by atoms with Crippen LogP contribution in [-0.2, 0) is 23.7 Å². The highest BCUT2D eigenvalue weighted by molar-refractivity contribution is 5.84. The molecule has 109 heavy (non-hydrogen) atoms. The van der Waals surface area contributed by atoms with Crippen LogP contribution < -0.4 is 40.1 Å². The lowest BCUT2D eigenvalue weighted by molar-refractivity contribution is -0.0900. The number of hydrogen-bond donors (Lipinski definition) is 17. The Kier molecular flexibility index (Phi) is 21.3. The standard InChI is InChI=1S/2C12H11F2N5O3.C12H13FN6O3.C12H12FN5O4.C12H12FN5O3/c1-2-12(3-20)7(21)5(13)10(22-12)19-4-16-6-8(15)17-11(14)18-9(6)19;2*1-2-12(3-20)7(21)5(13)10(22-12)19-4-16-6-8(14)17-11(15)18-9(6)19;1-2-12(3-19)7(20)5(13)10(22-12)18-4-15-6-8(14)16-11(21)17-9(6)18;1-2-12(3-19)8(20)6(13)11(21-12)18-5-17-7-9(14)15-4-16-10(7)18/h2*1,4-5,7,10,20-21H,3H2,(H2,15,17,18);1,4-5,7,10,20-21H,3H2,(H4,14,15,17,18);1,4-5,7,10,19-20H,3H2,(H3,14,16,17,21);1,4-6,8,11,19-20H,3H2,(H2,14,15,16). The third-order valence-electron chi connectivity index (χ3n) is 17.8. The number of nitrogens with two attached hydrogens (primary N) is 6. The number of imidazole rings is 5. The second-order valence-corrected chi connectivity index (χ2v) is 24.0. The average Bonchev–Trinajstić information content (AvgIpc) is 1.62. The van der Waals surface area contributed by atoms with Gasteiger partial charge in [-0.3, -0.25) is 27.8 Å². The first kappa shape index (κ1) is 78.1. The van der Waals surface area contributed by atoms with Gasteiger partial charge in [-0.1, -0.05) is 29.6 Å². The number of alkyl halides is 5. The second kappa shape index (κ2) is 29.7. The molecule has 0 spiro atoms. The fourth-order valence-corrected chi connectivity index (χ4v) is 11.9. The van der Waals surface area contributed by atoms with Gasteiger partial charge in [0.1, 0.15) is 59.2 Å². The van der Waals surface area contributed by atoms with Crippen LogP contribution in [-0.4, -0.2) is 271 Å². The molecule has 10 aromatic rings. The Morgan fingerprint density at radius 1 is 0.394 bits per heavy atom. The number of nitrogens with zero attached hydrogens (tertiary/aromatic N) is 19. The van der Waals surface area contributed by atoms with Crippen molar-refractivity contribution in [2.45, 2.75) is 121 Å². The topological polar surface area (TPSA) is 643 Å². The number of fused-ring (bicyclic) bond motifs is 5. The molecule has 5 fully saturated rings. The molecule has 15 rings (SSSR count). The van der Waals surface area contributed by atoms with E-state index in [9.17, 15) is 86.6 Å². The molecule has 0 aromatic carbocycles. The number of aliphatic hydroxyl groups is 10. The quantitative estimate of drug-likeness (QED) is 0.0262. The lowest BCUT2D eigenvalue weighted by Gasteiger charge is -2.23. The number of anilines is 6. The van der Waals surface area contributed by atoms with Gasteiger partial charge in [0.25, 0.3) is 0 Å². The van der Waals surface area contributed by atoms with E-state index < -0.39 is 171 Å². The Bertz CT molecular complexity index is 5090. The van der Waals surface area contributed by atoms with Crippen molar-refractivity contribution >= 4 is 91.0 Å². The number of nitrogens with one attached hydrogen (secondary N) is 1. The van der Waals surface area contributed by atoms with E-state index in [-0.39, 0.29) is 91.0 Å². The summed E-state index contributed by atoms with van der Waals surface area (Å²) in [5, 5.41) is 96.1. The molecule has 10 aromatic heterocycles. The van der Waals surface area contributed by atoms with Gasteiger partial charge in [-0.2, -0.15) is 43.7 Å². The van der Waals surface area contributed by atoms with Gasteiger partial charge in [-0.15, -0.1) is 32.1 Å². The molecule has 0 amide bonds. The normalized spacial score (nSPS) is 31.7. The molecule has 5 aliphatic heterocycles. The van der Waals surface area contributed by atoms with Crippen LogP contribution >= 0.6 is 0 Å². The SMILES string of the molecule is C#CC1(CO)OC(n2cnc3c(F)nc(N)nc32)C(F)C1O.C#CC1(CO)OC(n2cnc3c(N)[nH]c(=O)nc32)C(F)C1O.C#CC1(CO)OC(n2cnc3c(N)nc(F)nc32)C(F)C1O.C#CC1(CO)OC(n2cnc3c(N)nc(N)nc32)C(F)C1O.C#CC1(CO)OC(n2cnc3c(N)ncnc32)C(F)C1O. The number of nitrogen functional groups attached to an aromatic ring is 6. The van der Waals surface area contributed by atoms with E-state index in [0.717, 1.165) is 32.7 Å². The molecular formula is C60H59F7N26O16. The van der Waals surface area contributed by atoms with Crippen molar-refractivity contribution in [1.29, 1.82) is 0 Å². The van der Waals surface area contributed by atoms with Crippen molar-refractivity contribution in [3.63, 3.8) is 0 Å². The Balaban J connectivity index is 0.000000135. The Labute approximate surface area is 602 Å². The predicted octanol–water partition coefficient (Wildman–Crippen LogP) is -5.84. The summed E-state index contributed by atoms with van der Waals surface area (Å²) in [6.45, 7) is -3.82. The molecule has 42 nitrogen and oxygen atoms in total. The Hall–Kier alpha value is -11.9. The lowest BCUT2D eigenvalue weighted by Crippen LogP contribution is -2.44. The number of halogens is 7. The molecule has 0 aliphatic carbocycles. The highest BCUT2D eigenvalue weighted by Gasteiger charge is 2.60. The summed E-state index contributed by atoms with van der Waals surface area (Å²) in [5.74, 6) is 8.79. The molecule has 5 aliphatic rings. The van der Waals surface area contributed by atoms with E-state index in [4.69, 9.17) is 90.2 Å². The number of ether oxygens (including phenoxy) is 5. The van der Waals surface area contributed by atoms with Crippen molar-refractivity contribution in [2.75, 3.05) is 67.4 Å². The van der Waals surface area contributed by atoms with E-state index in [2.05, 4.69) is 92.5 Å².